The van der Waals surface area contributed by atoms with E-state index in [1.165, 1.54) is 24.3 Å². The van der Waals surface area contributed by atoms with Crippen LogP contribution >= 0.6 is 0 Å². The summed E-state index contributed by atoms with van der Waals surface area (Å²) in [6.07, 6.45) is 1.000. The number of rotatable bonds is 0. The molecule has 3 aromatic rings. The first-order valence-electron chi connectivity index (χ1n) is 11.5. The van der Waals surface area contributed by atoms with Crippen LogP contribution in [0.1, 0.15) is 68.4 Å². The maximum atomic E-state index is 12.4. The van der Waals surface area contributed by atoms with E-state index in [0.29, 0.717) is 35.1 Å². The number of phenols is 6. The number of nitriles is 1. The largest absolute Gasteiger partial charge is 0.504 e. The second-order valence-corrected chi connectivity index (χ2v) is 10.9. The molecule has 0 saturated carbocycles. The van der Waals surface area contributed by atoms with Crippen LogP contribution in [0.5, 0.6) is 34.5 Å². The molecular weight excluding hydrogens is 484 g/mol. The summed E-state index contributed by atoms with van der Waals surface area (Å²) in [6, 6.07) is 7.63. The van der Waals surface area contributed by atoms with Crippen molar-refractivity contribution in [3.05, 3.63) is 69.8 Å². The van der Waals surface area contributed by atoms with Crippen LogP contribution < -0.4 is 0 Å². The Bertz CT molecular complexity index is 1390. The molecule has 1 spiro atoms. The van der Waals surface area contributed by atoms with E-state index >= 15 is 0 Å². The van der Waals surface area contributed by atoms with Gasteiger partial charge < -0.3 is 30.6 Å². The van der Waals surface area contributed by atoms with E-state index < -0.39 is 67.9 Å². The monoisotopic (exact) mass is 511 g/mol. The number of aromatic hydroxyl groups is 6. The Balaban J connectivity index is 0.000000270. The minimum atomic E-state index is -0.873. The first-order chi connectivity index (χ1) is 17.1. The molecule has 0 unspecified atom stereocenters. The summed E-state index contributed by atoms with van der Waals surface area (Å²) in [4.78, 5) is 0. The summed E-state index contributed by atoms with van der Waals surface area (Å²) in [7, 11) is 0. The molecule has 0 bridgehead atoms. The number of halogens is 2. The first kappa shape index (κ1) is 25.9. The van der Waals surface area contributed by atoms with Gasteiger partial charge in [-0.15, -0.1) is 0 Å². The van der Waals surface area contributed by atoms with Crippen LogP contribution in [0.2, 0.25) is 0 Å². The molecule has 9 heteroatoms. The highest BCUT2D eigenvalue weighted by molar-refractivity contribution is 5.73. The minimum Gasteiger partial charge on any atom is -0.504 e. The highest BCUT2D eigenvalue weighted by Gasteiger charge is 2.59. The highest BCUT2D eigenvalue weighted by Crippen LogP contribution is 2.69. The van der Waals surface area contributed by atoms with E-state index in [2.05, 4.69) is 0 Å². The van der Waals surface area contributed by atoms with Gasteiger partial charge in [-0.3, -0.25) is 0 Å². The summed E-state index contributed by atoms with van der Waals surface area (Å²) in [5.41, 5.74) is -0.0441. The third-order valence-electron chi connectivity index (χ3n) is 7.49. The van der Waals surface area contributed by atoms with Gasteiger partial charge in [0.2, 0.25) is 11.5 Å². The van der Waals surface area contributed by atoms with Crippen molar-refractivity contribution in [2.45, 2.75) is 56.8 Å². The number of phenolic OH excluding ortho intramolecular Hbond substituents is 6. The molecule has 37 heavy (non-hydrogen) atoms. The molecule has 0 aromatic heterocycles. The van der Waals surface area contributed by atoms with Crippen LogP contribution in [0, 0.1) is 23.0 Å². The van der Waals surface area contributed by atoms with Crippen molar-refractivity contribution in [2.75, 3.05) is 0 Å². The van der Waals surface area contributed by atoms with E-state index in [4.69, 9.17) is 5.26 Å². The summed E-state index contributed by atoms with van der Waals surface area (Å²) < 4.78 is 24.8. The fourth-order valence-electron chi connectivity index (χ4n) is 6.17. The van der Waals surface area contributed by atoms with Crippen molar-refractivity contribution in [2.24, 2.45) is 0 Å². The summed E-state index contributed by atoms with van der Waals surface area (Å²) in [5.74, 6) is -4.44. The van der Waals surface area contributed by atoms with E-state index in [1.54, 1.807) is 0 Å². The summed E-state index contributed by atoms with van der Waals surface area (Å²) >= 11 is 0. The molecule has 0 amide bonds. The lowest BCUT2D eigenvalue weighted by Gasteiger charge is -2.31. The van der Waals surface area contributed by atoms with Gasteiger partial charge in [-0.25, -0.2) is 8.78 Å². The predicted octanol–water partition coefficient (Wildman–Crippen LogP) is 5.41. The van der Waals surface area contributed by atoms with Gasteiger partial charge in [-0.1, -0.05) is 33.8 Å². The van der Waals surface area contributed by atoms with E-state index in [-0.39, 0.29) is 0 Å². The quantitative estimate of drug-likeness (QED) is 0.222. The standard InChI is InChI=1S/C21H24O6.C7H3F2N/c1-19(2)7-21(13-9(19)5-11(22)15(24)17(13)26)8-20(3,4)10-6-12(23)16(25)18(27)14(10)21;8-6-2-1-3-7(9)5(6)4-10/h5-6,22-27H,7-8H2,1-4H3;1-3H. The number of benzene rings is 3. The van der Waals surface area contributed by atoms with Gasteiger partial charge in [0.25, 0.3) is 0 Å². The lowest BCUT2D eigenvalue weighted by Crippen LogP contribution is -2.27. The number of hydrogen-bond donors (Lipinski definition) is 6. The van der Waals surface area contributed by atoms with Crippen molar-refractivity contribution in [1.82, 2.24) is 0 Å². The zero-order chi connectivity index (χ0) is 27.7. The zero-order valence-electron chi connectivity index (χ0n) is 20.7. The van der Waals surface area contributed by atoms with E-state index in [1.807, 2.05) is 27.7 Å². The van der Waals surface area contributed by atoms with Crippen LogP contribution in [-0.2, 0) is 16.2 Å². The van der Waals surface area contributed by atoms with Crippen molar-refractivity contribution < 1.29 is 39.4 Å². The molecule has 0 heterocycles. The second kappa shape index (κ2) is 8.17. The minimum absolute atomic E-state index is 0.397. The van der Waals surface area contributed by atoms with Crippen LogP contribution in [-0.4, -0.2) is 30.6 Å². The Morgan fingerprint density at radius 2 is 1.08 bits per heavy atom. The fraction of sp³-hybridized carbons (Fsp3) is 0.321. The zero-order valence-corrected chi connectivity index (χ0v) is 20.7. The molecule has 3 aromatic carbocycles. The lowest BCUT2D eigenvalue weighted by atomic mass is 9.72. The Morgan fingerprint density at radius 3 is 1.41 bits per heavy atom. The topological polar surface area (TPSA) is 145 Å². The number of fused-ring (bicyclic) bond motifs is 4. The Morgan fingerprint density at radius 1 is 0.703 bits per heavy atom. The van der Waals surface area contributed by atoms with Gasteiger partial charge in [-0.2, -0.15) is 5.26 Å². The molecule has 7 nitrogen and oxygen atoms in total. The third kappa shape index (κ3) is 3.67. The Hall–Kier alpha value is -4.19. The normalized spacial score (nSPS) is 17.4. The number of hydrogen-bond acceptors (Lipinski definition) is 7. The number of nitrogens with zero attached hydrogens (tertiary/aromatic N) is 1. The molecular formula is C28H27F2NO6. The SMILES string of the molecule is CC1(C)CC2(CC(C)(C)c3cc(O)c(O)c(O)c32)c2c1cc(O)c(O)c2O.N#Cc1c(F)cccc1F. The van der Waals surface area contributed by atoms with Gasteiger partial charge in [-0.05, 0) is 59.1 Å². The molecule has 0 radical (unpaired) electrons. The van der Waals surface area contributed by atoms with Gasteiger partial charge in [0.15, 0.2) is 23.0 Å². The molecule has 0 aliphatic heterocycles. The van der Waals surface area contributed by atoms with E-state index in [0.717, 1.165) is 12.1 Å². The maximum absolute atomic E-state index is 12.4. The van der Waals surface area contributed by atoms with Crippen LogP contribution in [0.3, 0.4) is 0 Å². The molecule has 5 rings (SSSR count). The first-order valence-corrected chi connectivity index (χ1v) is 11.5. The average Bonchev–Trinajstić information content (AvgIpc) is 3.15. The van der Waals surface area contributed by atoms with Crippen LogP contribution in [0.25, 0.3) is 0 Å². The Kier molecular flexibility index (Phi) is 5.71. The predicted molar refractivity (Wildman–Crippen MR) is 130 cm³/mol. The Labute approximate surface area is 212 Å². The van der Waals surface area contributed by atoms with Gasteiger partial charge >= 0.3 is 0 Å². The molecule has 194 valence electrons. The molecule has 0 atom stereocenters. The van der Waals surface area contributed by atoms with Crippen LogP contribution in [0.4, 0.5) is 8.78 Å². The molecule has 6 N–H and O–H groups in total. The fourth-order valence-corrected chi connectivity index (χ4v) is 6.17. The van der Waals surface area contributed by atoms with Crippen molar-refractivity contribution in [3.63, 3.8) is 0 Å². The molecule has 0 saturated heterocycles. The van der Waals surface area contributed by atoms with Crippen molar-refractivity contribution in [1.29, 1.82) is 5.26 Å². The third-order valence-corrected chi connectivity index (χ3v) is 7.49. The van der Waals surface area contributed by atoms with Gasteiger partial charge in [0, 0.05) is 16.5 Å². The smallest absolute Gasteiger partial charge is 0.200 e. The van der Waals surface area contributed by atoms with Gasteiger partial charge in [0.05, 0.1) is 0 Å². The summed E-state index contributed by atoms with van der Waals surface area (Å²) in [6.45, 7) is 7.88. The lowest BCUT2D eigenvalue weighted by molar-refractivity contribution is 0.325. The highest BCUT2D eigenvalue weighted by atomic mass is 19.1. The van der Waals surface area contributed by atoms with Gasteiger partial charge in [0.1, 0.15) is 23.3 Å². The maximum Gasteiger partial charge on any atom is 0.200 e. The van der Waals surface area contributed by atoms with E-state index in [9.17, 15) is 39.4 Å². The molecule has 0 fully saturated rings. The van der Waals surface area contributed by atoms with Crippen LogP contribution in [0.15, 0.2) is 30.3 Å². The van der Waals surface area contributed by atoms with Crippen molar-refractivity contribution in [3.8, 4) is 40.6 Å². The average molecular weight is 512 g/mol. The molecule has 2 aliphatic carbocycles. The van der Waals surface area contributed by atoms with Crippen molar-refractivity contribution >= 4 is 0 Å². The second-order valence-electron chi connectivity index (χ2n) is 10.9. The molecule has 2 aliphatic rings. The summed E-state index contributed by atoms with van der Waals surface area (Å²) in [5, 5.41) is 70.1.